The van der Waals surface area contributed by atoms with Crippen LogP contribution in [0, 0.1) is 0 Å². The first kappa shape index (κ1) is 19.5. The van der Waals surface area contributed by atoms with Crippen LogP contribution in [0.1, 0.15) is 18.2 Å². The molecule has 0 radical (unpaired) electrons. The summed E-state index contributed by atoms with van der Waals surface area (Å²) in [5.41, 5.74) is 3.08. The van der Waals surface area contributed by atoms with E-state index in [-0.39, 0.29) is 24.0 Å². The number of benzene rings is 1. The van der Waals surface area contributed by atoms with E-state index in [4.69, 9.17) is 4.52 Å². The van der Waals surface area contributed by atoms with Crippen LogP contribution in [0.15, 0.2) is 62.7 Å². The summed E-state index contributed by atoms with van der Waals surface area (Å²) in [6.07, 6.45) is 0. The first-order chi connectivity index (χ1) is 11.8. The second-order valence-electron chi connectivity index (χ2n) is 5.23. The Morgan fingerprint density at radius 3 is 2.76 bits per heavy atom. The van der Waals surface area contributed by atoms with Gasteiger partial charge in [-0.1, -0.05) is 35.5 Å². The second-order valence-corrected chi connectivity index (χ2v) is 6.01. The van der Waals surface area contributed by atoms with E-state index in [9.17, 15) is 0 Å². The molecule has 0 bridgehead atoms. The molecule has 0 aliphatic carbocycles. The molecule has 3 rings (SSSR count). The molecule has 0 fully saturated rings. The molecule has 2 N–H and O–H groups in total. The summed E-state index contributed by atoms with van der Waals surface area (Å²) in [6.45, 7) is 4.08. The van der Waals surface area contributed by atoms with Crippen LogP contribution in [0.25, 0.3) is 11.3 Å². The topological polar surface area (TPSA) is 62.5 Å². The summed E-state index contributed by atoms with van der Waals surface area (Å²) < 4.78 is 5.41. The minimum absolute atomic E-state index is 0. The summed E-state index contributed by atoms with van der Waals surface area (Å²) in [6, 6.07) is 14.0. The average Bonchev–Trinajstić information content (AvgIpc) is 3.30. The van der Waals surface area contributed by atoms with Gasteiger partial charge in [0.15, 0.2) is 11.7 Å². The van der Waals surface area contributed by atoms with E-state index in [2.05, 4.69) is 37.6 Å². The van der Waals surface area contributed by atoms with Crippen molar-refractivity contribution < 1.29 is 4.52 Å². The van der Waals surface area contributed by atoms with Gasteiger partial charge in [-0.2, -0.15) is 11.3 Å². The van der Waals surface area contributed by atoms with Crippen LogP contribution < -0.4 is 10.6 Å². The van der Waals surface area contributed by atoms with Crippen LogP contribution in [-0.2, 0) is 13.1 Å². The first-order valence-corrected chi connectivity index (χ1v) is 8.83. The second kappa shape index (κ2) is 10.2. The highest BCUT2D eigenvalue weighted by Gasteiger charge is 2.07. The minimum atomic E-state index is 0. The molecule has 0 spiro atoms. The molecule has 0 amide bonds. The molecular formula is C18H21IN4OS. The Bertz CT molecular complexity index is 771. The van der Waals surface area contributed by atoms with E-state index < -0.39 is 0 Å². The van der Waals surface area contributed by atoms with Gasteiger partial charge in [0.25, 0.3) is 0 Å². The smallest absolute Gasteiger partial charge is 0.191 e. The Labute approximate surface area is 168 Å². The monoisotopic (exact) mass is 468 g/mol. The molecule has 3 aromatic rings. The van der Waals surface area contributed by atoms with E-state index >= 15 is 0 Å². The Kier molecular flexibility index (Phi) is 7.93. The maximum atomic E-state index is 5.41. The van der Waals surface area contributed by atoms with Gasteiger partial charge in [0, 0.05) is 18.2 Å². The molecule has 0 aliphatic heterocycles. The lowest BCUT2D eigenvalue weighted by Gasteiger charge is -2.09. The van der Waals surface area contributed by atoms with Crippen molar-refractivity contribution in [2.24, 2.45) is 4.99 Å². The fraction of sp³-hybridized carbons (Fsp3) is 0.222. The molecule has 25 heavy (non-hydrogen) atoms. The third kappa shape index (κ3) is 5.86. The maximum absolute atomic E-state index is 5.41. The van der Waals surface area contributed by atoms with Gasteiger partial charge in [-0.15, -0.1) is 24.0 Å². The van der Waals surface area contributed by atoms with Crippen molar-refractivity contribution in [2.75, 3.05) is 6.54 Å². The molecule has 1 aromatic carbocycles. The highest BCUT2D eigenvalue weighted by atomic mass is 127. The normalized spacial score (nSPS) is 11.0. The quantitative estimate of drug-likeness (QED) is 0.322. The highest BCUT2D eigenvalue weighted by Crippen LogP contribution is 2.19. The summed E-state index contributed by atoms with van der Waals surface area (Å²) in [7, 11) is 0. The van der Waals surface area contributed by atoms with Gasteiger partial charge in [0.05, 0.1) is 13.1 Å². The number of thiophene rings is 1. The van der Waals surface area contributed by atoms with Gasteiger partial charge in [0.2, 0.25) is 0 Å². The number of nitrogens with zero attached hydrogens (tertiary/aromatic N) is 2. The van der Waals surface area contributed by atoms with Gasteiger partial charge in [0.1, 0.15) is 5.69 Å². The summed E-state index contributed by atoms with van der Waals surface area (Å²) in [4.78, 5) is 4.58. The van der Waals surface area contributed by atoms with Crippen molar-refractivity contribution in [2.45, 2.75) is 20.0 Å². The molecule has 0 saturated heterocycles. The maximum Gasteiger partial charge on any atom is 0.191 e. The summed E-state index contributed by atoms with van der Waals surface area (Å²) in [5, 5.41) is 14.8. The number of rotatable bonds is 6. The number of aliphatic imine (C=N–C) groups is 1. The van der Waals surface area contributed by atoms with Crippen molar-refractivity contribution >= 4 is 41.3 Å². The van der Waals surface area contributed by atoms with E-state index in [0.29, 0.717) is 13.1 Å². The molecule has 132 valence electrons. The molecule has 7 heteroatoms. The minimum Gasteiger partial charge on any atom is -0.357 e. The molecule has 5 nitrogen and oxygen atoms in total. The van der Waals surface area contributed by atoms with E-state index in [1.54, 1.807) is 11.3 Å². The lowest BCUT2D eigenvalue weighted by atomic mass is 10.2. The van der Waals surface area contributed by atoms with E-state index in [0.717, 1.165) is 29.5 Å². The van der Waals surface area contributed by atoms with Gasteiger partial charge in [-0.05, 0) is 29.3 Å². The molecule has 0 aliphatic rings. The van der Waals surface area contributed by atoms with Gasteiger partial charge in [-0.25, -0.2) is 4.99 Å². The Hall–Kier alpha value is -1.87. The van der Waals surface area contributed by atoms with Crippen molar-refractivity contribution in [1.29, 1.82) is 0 Å². The third-order valence-electron chi connectivity index (χ3n) is 3.40. The SMILES string of the molecule is CCNC(=NCc1ccsc1)NCc1cc(-c2ccccc2)on1.I. The van der Waals surface area contributed by atoms with Crippen molar-refractivity contribution in [3.8, 4) is 11.3 Å². The number of halogens is 1. The lowest BCUT2D eigenvalue weighted by molar-refractivity contribution is 0.422. The van der Waals surface area contributed by atoms with Crippen LogP contribution >= 0.6 is 35.3 Å². The Morgan fingerprint density at radius 1 is 1.20 bits per heavy atom. The highest BCUT2D eigenvalue weighted by molar-refractivity contribution is 14.0. The summed E-state index contributed by atoms with van der Waals surface area (Å²) in [5.74, 6) is 1.54. The van der Waals surface area contributed by atoms with Crippen LogP contribution in [0.3, 0.4) is 0 Å². The first-order valence-electron chi connectivity index (χ1n) is 7.89. The Balaban J connectivity index is 0.00000225. The van der Waals surface area contributed by atoms with Crippen molar-refractivity contribution in [1.82, 2.24) is 15.8 Å². The molecular weight excluding hydrogens is 447 g/mol. The van der Waals surface area contributed by atoms with Crippen LogP contribution in [0.5, 0.6) is 0 Å². The van der Waals surface area contributed by atoms with Crippen LogP contribution in [0.2, 0.25) is 0 Å². The zero-order chi connectivity index (χ0) is 16.6. The fourth-order valence-electron chi connectivity index (χ4n) is 2.20. The zero-order valence-electron chi connectivity index (χ0n) is 13.9. The molecule has 0 saturated carbocycles. The third-order valence-corrected chi connectivity index (χ3v) is 4.13. The summed E-state index contributed by atoms with van der Waals surface area (Å²) >= 11 is 1.68. The zero-order valence-corrected chi connectivity index (χ0v) is 17.1. The van der Waals surface area contributed by atoms with Gasteiger partial charge >= 0.3 is 0 Å². The number of hydrogen-bond acceptors (Lipinski definition) is 4. The molecule has 0 unspecified atom stereocenters. The van der Waals surface area contributed by atoms with Gasteiger partial charge < -0.3 is 15.2 Å². The average molecular weight is 468 g/mol. The number of guanidine groups is 1. The molecule has 2 aromatic heterocycles. The Morgan fingerprint density at radius 2 is 2.04 bits per heavy atom. The van der Waals surface area contributed by atoms with Gasteiger partial charge in [-0.3, -0.25) is 0 Å². The number of nitrogens with one attached hydrogen (secondary N) is 2. The fourth-order valence-corrected chi connectivity index (χ4v) is 2.86. The molecule has 0 atom stereocenters. The number of aromatic nitrogens is 1. The predicted molar refractivity (Wildman–Crippen MR) is 113 cm³/mol. The molecule has 2 heterocycles. The van der Waals surface area contributed by atoms with Crippen molar-refractivity contribution in [3.63, 3.8) is 0 Å². The van der Waals surface area contributed by atoms with Crippen molar-refractivity contribution in [3.05, 3.63) is 64.5 Å². The number of hydrogen-bond donors (Lipinski definition) is 2. The van der Waals surface area contributed by atoms with E-state index in [1.807, 2.05) is 43.3 Å². The van der Waals surface area contributed by atoms with E-state index in [1.165, 1.54) is 5.56 Å². The lowest BCUT2D eigenvalue weighted by Crippen LogP contribution is -2.36. The standard InChI is InChI=1S/C18H20N4OS.HI/c1-2-19-18(20-11-14-8-9-24-13-14)21-12-16-10-17(23-22-16)15-6-4-3-5-7-15;/h3-10,13H,2,11-12H2,1H3,(H2,19,20,21);1H. The largest absolute Gasteiger partial charge is 0.357 e. The predicted octanol–water partition coefficient (Wildman–Crippen LogP) is 4.28. The van der Waals surface area contributed by atoms with Crippen LogP contribution in [0.4, 0.5) is 0 Å². The van der Waals surface area contributed by atoms with Crippen LogP contribution in [-0.4, -0.2) is 17.7 Å².